The molecule has 0 aromatic carbocycles. The molecule has 1 aliphatic heterocycles. The molecule has 1 atom stereocenters. The molecule has 1 fully saturated rings. The van der Waals surface area contributed by atoms with Crippen LogP contribution in [0.4, 0.5) is 5.13 Å². The predicted molar refractivity (Wildman–Crippen MR) is 63.7 cm³/mol. The molecule has 2 N–H and O–H groups in total. The standard InChI is InChI=1S/C9H13N3OS.ClH/c1-6-5-14-9(11-6)12-8(13)7-2-3-10-4-7;/h5,7,10H,2-4H2,1H3,(H,11,12,13);1H/t7-;/m0./s1. The number of nitrogens with one attached hydrogen (secondary N) is 2. The Kier molecular flexibility index (Phi) is 4.50. The van der Waals surface area contributed by atoms with Gasteiger partial charge >= 0.3 is 0 Å². The topological polar surface area (TPSA) is 54.0 Å². The minimum atomic E-state index is 0. The molecule has 1 aromatic rings. The number of aromatic nitrogens is 1. The van der Waals surface area contributed by atoms with E-state index in [0.29, 0.717) is 5.13 Å². The Bertz CT molecular complexity index is 336. The third-order valence-corrected chi connectivity index (χ3v) is 3.16. The van der Waals surface area contributed by atoms with E-state index < -0.39 is 0 Å². The third-order valence-electron chi connectivity index (χ3n) is 2.28. The highest BCUT2D eigenvalue weighted by Gasteiger charge is 2.22. The largest absolute Gasteiger partial charge is 0.316 e. The van der Waals surface area contributed by atoms with E-state index in [0.717, 1.165) is 25.2 Å². The maximum absolute atomic E-state index is 11.6. The van der Waals surface area contributed by atoms with Crippen LogP contribution in [0, 0.1) is 12.8 Å². The zero-order valence-corrected chi connectivity index (χ0v) is 10.1. The Balaban J connectivity index is 0.00000112. The van der Waals surface area contributed by atoms with Crippen molar-refractivity contribution >= 4 is 34.8 Å². The van der Waals surface area contributed by atoms with E-state index in [1.165, 1.54) is 11.3 Å². The molecule has 1 aromatic heterocycles. The molecule has 1 amide bonds. The van der Waals surface area contributed by atoms with Gasteiger partial charge in [-0.3, -0.25) is 4.79 Å². The van der Waals surface area contributed by atoms with Gasteiger partial charge in [-0.1, -0.05) is 0 Å². The molecule has 0 spiro atoms. The molecule has 6 heteroatoms. The number of hydrogen-bond acceptors (Lipinski definition) is 4. The fourth-order valence-electron chi connectivity index (χ4n) is 1.50. The van der Waals surface area contributed by atoms with Crippen LogP contribution in [0.25, 0.3) is 0 Å². The van der Waals surface area contributed by atoms with Crippen LogP contribution in [0.3, 0.4) is 0 Å². The molecule has 2 heterocycles. The highest BCUT2D eigenvalue weighted by atomic mass is 35.5. The van der Waals surface area contributed by atoms with E-state index in [9.17, 15) is 4.79 Å². The van der Waals surface area contributed by atoms with Crippen molar-refractivity contribution in [2.75, 3.05) is 18.4 Å². The molecule has 0 unspecified atom stereocenters. The Labute approximate surface area is 98.9 Å². The number of halogens is 1. The molecule has 0 radical (unpaired) electrons. The predicted octanol–water partition coefficient (Wildman–Crippen LogP) is 1.42. The van der Waals surface area contributed by atoms with E-state index in [-0.39, 0.29) is 24.2 Å². The molecular formula is C9H14ClN3OS. The first kappa shape index (κ1) is 12.4. The molecule has 0 saturated carbocycles. The van der Waals surface area contributed by atoms with Crippen LogP contribution >= 0.6 is 23.7 Å². The third kappa shape index (κ3) is 3.15. The lowest BCUT2D eigenvalue weighted by atomic mass is 10.1. The Morgan fingerprint density at radius 2 is 2.53 bits per heavy atom. The monoisotopic (exact) mass is 247 g/mol. The van der Waals surface area contributed by atoms with Crippen LogP contribution in [-0.4, -0.2) is 24.0 Å². The fourth-order valence-corrected chi connectivity index (χ4v) is 2.19. The van der Waals surface area contributed by atoms with Crippen molar-refractivity contribution < 1.29 is 4.79 Å². The lowest BCUT2D eigenvalue weighted by Crippen LogP contribution is -2.24. The van der Waals surface area contributed by atoms with Gasteiger partial charge in [-0.2, -0.15) is 0 Å². The summed E-state index contributed by atoms with van der Waals surface area (Å²) < 4.78 is 0. The second-order valence-corrected chi connectivity index (χ2v) is 4.33. The van der Waals surface area contributed by atoms with Crippen molar-refractivity contribution in [3.8, 4) is 0 Å². The SMILES string of the molecule is Cc1csc(NC(=O)[C@H]2CCNC2)n1.Cl. The zero-order valence-electron chi connectivity index (χ0n) is 8.45. The maximum atomic E-state index is 11.6. The number of aryl methyl sites for hydroxylation is 1. The van der Waals surface area contributed by atoms with Gasteiger partial charge < -0.3 is 10.6 Å². The van der Waals surface area contributed by atoms with Crippen molar-refractivity contribution in [3.63, 3.8) is 0 Å². The number of nitrogens with zero attached hydrogens (tertiary/aromatic N) is 1. The lowest BCUT2D eigenvalue weighted by molar-refractivity contribution is -0.119. The van der Waals surface area contributed by atoms with Gasteiger partial charge in [0, 0.05) is 11.9 Å². The second kappa shape index (κ2) is 5.44. The van der Waals surface area contributed by atoms with Crippen LogP contribution in [-0.2, 0) is 4.79 Å². The molecule has 1 aliphatic rings. The van der Waals surface area contributed by atoms with Crippen molar-refractivity contribution in [2.24, 2.45) is 5.92 Å². The molecule has 1 saturated heterocycles. The Morgan fingerprint density at radius 1 is 1.73 bits per heavy atom. The van der Waals surface area contributed by atoms with Gasteiger partial charge in [0.25, 0.3) is 0 Å². The summed E-state index contributed by atoms with van der Waals surface area (Å²) in [5, 5.41) is 8.64. The first-order chi connectivity index (χ1) is 6.75. The van der Waals surface area contributed by atoms with Crippen LogP contribution in [0.2, 0.25) is 0 Å². The van der Waals surface area contributed by atoms with Crippen molar-refractivity contribution in [1.82, 2.24) is 10.3 Å². The van der Waals surface area contributed by atoms with Crippen LogP contribution in [0.15, 0.2) is 5.38 Å². The summed E-state index contributed by atoms with van der Waals surface area (Å²) in [5.74, 6) is 0.198. The van der Waals surface area contributed by atoms with Crippen LogP contribution < -0.4 is 10.6 Å². The average Bonchev–Trinajstić information content (AvgIpc) is 2.75. The van der Waals surface area contributed by atoms with E-state index >= 15 is 0 Å². The van der Waals surface area contributed by atoms with Gasteiger partial charge in [-0.15, -0.1) is 23.7 Å². The number of rotatable bonds is 2. The smallest absolute Gasteiger partial charge is 0.230 e. The van der Waals surface area contributed by atoms with Crippen LogP contribution in [0.5, 0.6) is 0 Å². The summed E-state index contributed by atoms with van der Waals surface area (Å²) in [7, 11) is 0. The van der Waals surface area contributed by atoms with E-state index in [1.807, 2.05) is 12.3 Å². The zero-order chi connectivity index (χ0) is 9.97. The number of carbonyl (C=O) groups excluding carboxylic acids is 1. The van der Waals surface area contributed by atoms with Gasteiger partial charge in [-0.05, 0) is 19.9 Å². The number of carbonyl (C=O) groups is 1. The quantitative estimate of drug-likeness (QED) is 0.831. The van der Waals surface area contributed by atoms with Gasteiger partial charge in [0.1, 0.15) is 0 Å². The number of anilines is 1. The van der Waals surface area contributed by atoms with E-state index in [4.69, 9.17) is 0 Å². The van der Waals surface area contributed by atoms with Gasteiger partial charge in [0.05, 0.1) is 11.6 Å². The summed E-state index contributed by atoms with van der Waals surface area (Å²) in [5.41, 5.74) is 0.954. The normalized spacial score (nSPS) is 19.7. The minimum Gasteiger partial charge on any atom is -0.316 e. The summed E-state index contributed by atoms with van der Waals surface area (Å²) >= 11 is 1.47. The highest BCUT2D eigenvalue weighted by molar-refractivity contribution is 7.13. The van der Waals surface area contributed by atoms with Crippen LogP contribution in [0.1, 0.15) is 12.1 Å². The van der Waals surface area contributed by atoms with Gasteiger partial charge in [0.2, 0.25) is 5.91 Å². The Morgan fingerprint density at radius 3 is 3.07 bits per heavy atom. The van der Waals surface area contributed by atoms with E-state index in [1.54, 1.807) is 0 Å². The first-order valence-corrected chi connectivity index (χ1v) is 5.57. The summed E-state index contributed by atoms with van der Waals surface area (Å²) in [6.45, 7) is 3.65. The molecule has 2 rings (SSSR count). The lowest BCUT2D eigenvalue weighted by Gasteiger charge is -2.06. The van der Waals surface area contributed by atoms with E-state index in [2.05, 4.69) is 15.6 Å². The number of thiazole rings is 1. The molecule has 0 bridgehead atoms. The number of amides is 1. The molecule has 0 aliphatic carbocycles. The number of hydrogen-bond donors (Lipinski definition) is 2. The first-order valence-electron chi connectivity index (χ1n) is 4.69. The second-order valence-electron chi connectivity index (χ2n) is 3.47. The average molecular weight is 248 g/mol. The summed E-state index contributed by atoms with van der Waals surface area (Å²) in [6.07, 6.45) is 0.927. The summed E-state index contributed by atoms with van der Waals surface area (Å²) in [6, 6.07) is 0. The Hall–Kier alpha value is -0.650. The summed E-state index contributed by atoms with van der Waals surface area (Å²) in [4.78, 5) is 15.8. The van der Waals surface area contributed by atoms with Crippen molar-refractivity contribution in [3.05, 3.63) is 11.1 Å². The fraction of sp³-hybridized carbons (Fsp3) is 0.556. The minimum absolute atomic E-state index is 0. The highest BCUT2D eigenvalue weighted by Crippen LogP contribution is 2.17. The molecule has 84 valence electrons. The van der Waals surface area contributed by atoms with Crippen molar-refractivity contribution in [1.29, 1.82) is 0 Å². The van der Waals surface area contributed by atoms with Gasteiger partial charge in [0.15, 0.2) is 5.13 Å². The van der Waals surface area contributed by atoms with Gasteiger partial charge in [-0.25, -0.2) is 4.98 Å². The molecular weight excluding hydrogens is 234 g/mol. The molecule has 15 heavy (non-hydrogen) atoms. The van der Waals surface area contributed by atoms with Crippen molar-refractivity contribution in [2.45, 2.75) is 13.3 Å². The maximum Gasteiger partial charge on any atom is 0.230 e. The molecule has 4 nitrogen and oxygen atoms in total.